The lowest BCUT2D eigenvalue weighted by atomic mass is 9.99. The van der Waals surface area contributed by atoms with Gasteiger partial charge >= 0.3 is 0 Å². The molecule has 0 bridgehead atoms. The van der Waals surface area contributed by atoms with Crippen molar-refractivity contribution in [1.82, 2.24) is 4.98 Å². The summed E-state index contributed by atoms with van der Waals surface area (Å²) in [4.78, 5) is 4.01. The summed E-state index contributed by atoms with van der Waals surface area (Å²) in [5.41, 5.74) is 2.18. The number of rotatable bonds is 2. The Hall–Kier alpha value is -1.09. The van der Waals surface area contributed by atoms with Crippen LogP contribution >= 0.6 is 23.2 Å². The third-order valence-electron chi connectivity index (χ3n) is 2.65. The van der Waals surface area contributed by atoms with Crippen molar-refractivity contribution >= 4 is 23.2 Å². The molecule has 0 aliphatic rings. The quantitative estimate of drug-likeness (QED) is 0.899. The fourth-order valence-electron chi connectivity index (χ4n) is 1.69. The van der Waals surface area contributed by atoms with E-state index in [9.17, 15) is 5.11 Å². The van der Waals surface area contributed by atoms with Gasteiger partial charge in [-0.15, -0.1) is 0 Å². The molecule has 0 saturated heterocycles. The number of benzene rings is 1. The topological polar surface area (TPSA) is 33.1 Å². The average Bonchev–Trinajstić information content (AvgIpc) is 2.29. The second-order valence-electron chi connectivity index (χ2n) is 3.77. The van der Waals surface area contributed by atoms with Gasteiger partial charge in [0, 0.05) is 33.6 Å². The number of hydrogen-bond donors (Lipinski definition) is 1. The summed E-state index contributed by atoms with van der Waals surface area (Å²) in [6.45, 7) is 1.91. The van der Waals surface area contributed by atoms with Crippen molar-refractivity contribution in [2.75, 3.05) is 0 Å². The van der Waals surface area contributed by atoms with E-state index >= 15 is 0 Å². The maximum Gasteiger partial charge on any atom is 0.109 e. The lowest BCUT2D eigenvalue weighted by molar-refractivity contribution is 0.219. The van der Waals surface area contributed by atoms with Crippen molar-refractivity contribution in [3.63, 3.8) is 0 Å². The Labute approximate surface area is 110 Å². The number of aliphatic hydroxyl groups is 1. The van der Waals surface area contributed by atoms with Crippen molar-refractivity contribution in [3.05, 3.63) is 63.4 Å². The van der Waals surface area contributed by atoms with Crippen LogP contribution in [0, 0.1) is 6.92 Å². The third-order valence-corrected chi connectivity index (χ3v) is 3.31. The van der Waals surface area contributed by atoms with E-state index < -0.39 is 6.10 Å². The normalized spacial score (nSPS) is 12.5. The number of aromatic nitrogens is 1. The highest BCUT2D eigenvalue weighted by Crippen LogP contribution is 2.34. The van der Waals surface area contributed by atoms with E-state index in [2.05, 4.69) is 4.98 Å². The van der Waals surface area contributed by atoms with E-state index in [4.69, 9.17) is 23.2 Å². The lowest BCUT2D eigenvalue weighted by Gasteiger charge is -2.16. The lowest BCUT2D eigenvalue weighted by Crippen LogP contribution is -2.04. The smallest absolute Gasteiger partial charge is 0.109 e. The van der Waals surface area contributed by atoms with Crippen LogP contribution in [-0.4, -0.2) is 10.1 Å². The molecule has 0 saturated carbocycles. The molecule has 1 unspecified atom stereocenters. The van der Waals surface area contributed by atoms with E-state index in [0.29, 0.717) is 21.2 Å². The minimum absolute atomic E-state index is 0.452. The van der Waals surface area contributed by atoms with E-state index in [-0.39, 0.29) is 0 Å². The first-order valence-corrected chi connectivity index (χ1v) is 5.89. The fourth-order valence-corrected chi connectivity index (χ4v) is 2.29. The number of halogens is 2. The van der Waals surface area contributed by atoms with Gasteiger partial charge in [0.2, 0.25) is 0 Å². The zero-order valence-electron chi connectivity index (χ0n) is 9.19. The first-order valence-electron chi connectivity index (χ1n) is 5.13. The van der Waals surface area contributed by atoms with Crippen LogP contribution in [0.2, 0.25) is 10.0 Å². The maximum atomic E-state index is 10.3. The molecule has 88 valence electrons. The van der Waals surface area contributed by atoms with Gasteiger partial charge in [-0.05, 0) is 30.7 Å². The zero-order valence-corrected chi connectivity index (χ0v) is 10.7. The molecule has 1 N–H and O–H groups in total. The van der Waals surface area contributed by atoms with E-state index in [0.717, 1.165) is 5.56 Å². The molecule has 2 aromatic rings. The van der Waals surface area contributed by atoms with Gasteiger partial charge in [0.25, 0.3) is 0 Å². The Bertz CT molecular complexity index is 522. The molecular weight excluding hydrogens is 257 g/mol. The Kier molecular flexibility index (Phi) is 3.67. The van der Waals surface area contributed by atoms with Crippen LogP contribution < -0.4 is 0 Å². The molecule has 0 amide bonds. The third kappa shape index (κ3) is 2.44. The highest BCUT2D eigenvalue weighted by molar-refractivity contribution is 6.36. The molecule has 2 rings (SSSR count). The average molecular weight is 268 g/mol. The minimum Gasteiger partial charge on any atom is -0.383 e. The van der Waals surface area contributed by atoms with Gasteiger partial charge in [0.1, 0.15) is 6.10 Å². The van der Waals surface area contributed by atoms with Crippen LogP contribution in [0.4, 0.5) is 0 Å². The Balaban J connectivity index is 2.51. The van der Waals surface area contributed by atoms with Gasteiger partial charge in [-0.3, -0.25) is 4.98 Å². The molecule has 1 aromatic heterocycles. The molecule has 1 atom stereocenters. The molecule has 0 aliphatic carbocycles. The summed E-state index contributed by atoms with van der Waals surface area (Å²) in [7, 11) is 0. The molecule has 0 fully saturated rings. The van der Waals surface area contributed by atoms with Crippen LogP contribution in [0.5, 0.6) is 0 Å². The number of pyridine rings is 1. The summed E-state index contributed by atoms with van der Waals surface area (Å²) >= 11 is 12.1. The second kappa shape index (κ2) is 5.05. The fraction of sp³-hybridized carbons (Fsp3) is 0.154. The van der Waals surface area contributed by atoms with Crippen LogP contribution in [-0.2, 0) is 0 Å². The van der Waals surface area contributed by atoms with Crippen molar-refractivity contribution in [3.8, 4) is 0 Å². The van der Waals surface area contributed by atoms with Gasteiger partial charge in [-0.25, -0.2) is 0 Å². The molecule has 0 radical (unpaired) electrons. The molecular formula is C13H11Cl2NO. The molecule has 0 aliphatic heterocycles. The largest absolute Gasteiger partial charge is 0.383 e. The van der Waals surface area contributed by atoms with Crippen molar-refractivity contribution < 1.29 is 5.11 Å². The molecule has 1 aromatic carbocycles. The molecule has 17 heavy (non-hydrogen) atoms. The van der Waals surface area contributed by atoms with Crippen molar-refractivity contribution in [2.24, 2.45) is 0 Å². The van der Waals surface area contributed by atoms with Crippen LogP contribution in [0.25, 0.3) is 0 Å². The maximum absolute atomic E-state index is 10.3. The van der Waals surface area contributed by atoms with Crippen molar-refractivity contribution in [1.29, 1.82) is 0 Å². The van der Waals surface area contributed by atoms with Crippen LogP contribution in [0.15, 0.2) is 36.7 Å². The van der Waals surface area contributed by atoms with E-state index in [1.165, 1.54) is 0 Å². The molecule has 4 heteroatoms. The van der Waals surface area contributed by atoms with Gasteiger partial charge in [-0.1, -0.05) is 29.3 Å². The van der Waals surface area contributed by atoms with Crippen LogP contribution in [0.1, 0.15) is 22.8 Å². The Morgan fingerprint density at radius 1 is 1.18 bits per heavy atom. The summed E-state index contributed by atoms with van der Waals surface area (Å²) in [5.74, 6) is 0. The van der Waals surface area contributed by atoms with Gasteiger partial charge < -0.3 is 5.11 Å². The Morgan fingerprint density at radius 3 is 2.41 bits per heavy atom. The summed E-state index contributed by atoms with van der Waals surface area (Å²) < 4.78 is 0. The minimum atomic E-state index is -0.857. The zero-order chi connectivity index (χ0) is 12.4. The standard InChI is InChI=1S/C13H11Cl2NO/c1-8-5-6-16-7-9(8)13(17)12-10(14)3-2-4-11(12)15/h2-7,13,17H,1H3. The number of aliphatic hydroxyl groups excluding tert-OH is 1. The second-order valence-corrected chi connectivity index (χ2v) is 4.58. The van der Waals surface area contributed by atoms with Gasteiger partial charge in [-0.2, -0.15) is 0 Å². The van der Waals surface area contributed by atoms with Crippen molar-refractivity contribution in [2.45, 2.75) is 13.0 Å². The number of aryl methyl sites for hydroxylation is 1. The highest BCUT2D eigenvalue weighted by Gasteiger charge is 2.18. The Morgan fingerprint density at radius 2 is 1.82 bits per heavy atom. The van der Waals surface area contributed by atoms with Gasteiger partial charge in [0.15, 0.2) is 0 Å². The number of hydrogen-bond acceptors (Lipinski definition) is 2. The first kappa shape index (κ1) is 12.4. The predicted molar refractivity (Wildman–Crippen MR) is 69.5 cm³/mol. The molecule has 1 heterocycles. The monoisotopic (exact) mass is 267 g/mol. The van der Waals surface area contributed by atoms with Crippen LogP contribution in [0.3, 0.4) is 0 Å². The molecule has 2 nitrogen and oxygen atoms in total. The summed E-state index contributed by atoms with van der Waals surface area (Å²) in [6, 6.07) is 7.00. The SMILES string of the molecule is Cc1ccncc1C(O)c1c(Cl)cccc1Cl. The van der Waals surface area contributed by atoms with E-state index in [1.807, 2.05) is 13.0 Å². The summed E-state index contributed by atoms with van der Waals surface area (Å²) in [5, 5.41) is 11.2. The first-order chi connectivity index (χ1) is 8.11. The van der Waals surface area contributed by atoms with Gasteiger partial charge in [0.05, 0.1) is 0 Å². The predicted octanol–water partition coefficient (Wildman–Crippen LogP) is 3.78. The number of nitrogens with zero attached hydrogens (tertiary/aromatic N) is 1. The highest BCUT2D eigenvalue weighted by atomic mass is 35.5. The summed E-state index contributed by atoms with van der Waals surface area (Å²) in [6.07, 6.45) is 2.45. The molecule has 0 spiro atoms. The van der Waals surface area contributed by atoms with E-state index in [1.54, 1.807) is 30.6 Å².